The predicted molar refractivity (Wildman–Crippen MR) is 106 cm³/mol. The van der Waals surface area contributed by atoms with Crippen LogP contribution in [-0.2, 0) is 9.59 Å². The quantitative estimate of drug-likeness (QED) is 0.434. The second kappa shape index (κ2) is 9.52. The molecule has 2 aromatic carbocycles. The van der Waals surface area contributed by atoms with E-state index in [0.717, 1.165) is 11.0 Å². The summed E-state index contributed by atoms with van der Waals surface area (Å²) in [6.07, 6.45) is 1.15. The van der Waals surface area contributed by atoms with Gasteiger partial charge in [0.1, 0.15) is 18.1 Å². The van der Waals surface area contributed by atoms with Gasteiger partial charge in [0.05, 0.1) is 30.9 Å². The Morgan fingerprint density at radius 2 is 1.76 bits per heavy atom. The van der Waals surface area contributed by atoms with Crippen molar-refractivity contribution in [3.8, 4) is 5.75 Å². The molecule has 0 aliphatic carbocycles. The number of imide groups is 1. The number of nitrogens with one attached hydrogen (secondary N) is 2. The minimum absolute atomic E-state index is 0.0520. The highest BCUT2D eigenvalue weighted by atomic mass is 16.5. The molecule has 29 heavy (non-hydrogen) atoms. The van der Waals surface area contributed by atoms with Crippen LogP contribution in [0.25, 0.3) is 0 Å². The van der Waals surface area contributed by atoms with Gasteiger partial charge in [0.2, 0.25) is 0 Å². The lowest BCUT2D eigenvalue weighted by Gasteiger charge is -2.15. The van der Waals surface area contributed by atoms with Gasteiger partial charge in [-0.05, 0) is 24.3 Å². The summed E-state index contributed by atoms with van der Waals surface area (Å²) in [6.45, 7) is 0.206. The van der Waals surface area contributed by atoms with Crippen molar-refractivity contribution in [3.63, 3.8) is 0 Å². The van der Waals surface area contributed by atoms with Gasteiger partial charge in [0, 0.05) is 6.08 Å². The van der Waals surface area contributed by atoms with Crippen molar-refractivity contribution in [2.45, 2.75) is 0 Å². The number of aliphatic hydroxyl groups excluding tert-OH is 1. The topological polar surface area (TPSA) is 108 Å². The number of β-amino-alcohol motifs (C(OH)–C–C–N with tert-alkyl or cyclic N) is 1. The van der Waals surface area contributed by atoms with Crippen molar-refractivity contribution in [2.75, 3.05) is 31.6 Å². The smallest absolute Gasteiger partial charge is 0.277 e. The Bertz CT molecular complexity index is 927. The molecule has 1 aliphatic heterocycles. The van der Waals surface area contributed by atoms with E-state index in [0.29, 0.717) is 30.2 Å². The normalized spacial score (nSPS) is 13.3. The molecule has 0 radical (unpaired) electrons. The summed E-state index contributed by atoms with van der Waals surface area (Å²) >= 11 is 0. The van der Waals surface area contributed by atoms with Crippen molar-refractivity contribution >= 4 is 23.4 Å². The molecule has 0 spiro atoms. The zero-order valence-corrected chi connectivity index (χ0v) is 15.6. The van der Waals surface area contributed by atoms with Crippen LogP contribution in [0, 0.1) is 0 Å². The maximum atomic E-state index is 12.5. The molecule has 1 heterocycles. The first-order valence-electron chi connectivity index (χ1n) is 9.10. The predicted octanol–water partition coefficient (Wildman–Crippen LogP) is 1.15. The Balaban J connectivity index is 1.60. The van der Waals surface area contributed by atoms with Crippen LogP contribution in [0.5, 0.6) is 5.75 Å². The van der Waals surface area contributed by atoms with Gasteiger partial charge in [-0.2, -0.15) is 0 Å². The molecule has 3 rings (SSSR count). The number of hydrogen-bond donors (Lipinski definition) is 3. The molecule has 3 amide bonds. The Kier molecular flexibility index (Phi) is 6.59. The average Bonchev–Trinajstić information content (AvgIpc) is 3.00. The number of ether oxygens (including phenoxy) is 1. The summed E-state index contributed by atoms with van der Waals surface area (Å²) in [6, 6.07) is 15.9. The molecule has 0 aromatic heterocycles. The summed E-state index contributed by atoms with van der Waals surface area (Å²) in [5, 5.41) is 14.6. The minimum atomic E-state index is -0.546. The van der Waals surface area contributed by atoms with E-state index >= 15 is 0 Å². The standard InChI is InChI=1S/C21H21N3O5/c25-12-11-24-19(26)14-18(21(24)28)23-17-9-5-4-8-16(17)20(27)22-10-13-29-15-6-2-1-3-7-15/h1-9,14,23,25H,10-13H2,(H,22,27). The lowest BCUT2D eigenvalue weighted by molar-refractivity contribution is -0.137. The van der Waals surface area contributed by atoms with Gasteiger partial charge < -0.3 is 20.5 Å². The number of carbonyl (C=O) groups is 3. The number of amides is 3. The Morgan fingerprint density at radius 1 is 1.03 bits per heavy atom. The summed E-state index contributed by atoms with van der Waals surface area (Å²) in [7, 11) is 0. The summed E-state index contributed by atoms with van der Waals surface area (Å²) in [5.41, 5.74) is 0.775. The van der Waals surface area contributed by atoms with Gasteiger partial charge in [0.25, 0.3) is 17.7 Å². The number of anilines is 1. The number of hydrogen-bond acceptors (Lipinski definition) is 6. The van der Waals surface area contributed by atoms with Gasteiger partial charge in [-0.15, -0.1) is 0 Å². The molecule has 8 heteroatoms. The lowest BCUT2D eigenvalue weighted by atomic mass is 10.1. The molecule has 0 unspecified atom stereocenters. The molecular weight excluding hydrogens is 374 g/mol. The molecular formula is C21H21N3O5. The highest BCUT2D eigenvalue weighted by Gasteiger charge is 2.31. The zero-order valence-electron chi connectivity index (χ0n) is 15.6. The monoisotopic (exact) mass is 395 g/mol. The Hall–Kier alpha value is -3.65. The van der Waals surface area contributed by atoms with Crippen molar-refractivity contribution in [1.29, 1.82) is 0 Å². The van der Waals surface area contributed by atoms with Crippen LogP contribution in [0.15, 0.2) is 66.4 Å². The van der Waals surface area contributed by atoms with E-state index < -0.39 is 11.8 Å². The second-order valence-electron chi connectivity index (χ2n) is 6.16. The van der Waals surface area contributed by atoms with Crippen LogP contribution in [0.2, 0.25) is 0 Å². The molecule has 0 bridgehead atoms. The molecule has 0 saturated carbocycles. The Morgan fingerprint density at radius 3 is 2.52 bits per heavy atom. The van der Waals surface area contributed by atoms with Crippen LogP contribution in [0.1, 0.15) is 10.4 Å². The molecule has 3 N–H and O–H groups in total. The number of para-hydroxylation sites is 2. The first-order chi connectivity index (χ1) is 14.1. The molecule has 150 valence electrons. The van der Waals surface area contributed by atoms with E-state index in [2.05, 4.69) is 10.6 Å². The first kappa shape index (κ1) is 20.1. The van der Waals surface area contributed by atoms with E-state index in [1.807, 2.05) is 30.3 Å². The van der Waals surface area contributed by atoms with Crippen LogP contribution in [0.3, 0.4) is 0 Å². The van der Waals surface area contributed by atoms with Gasteiger partial charge >= 0.3 is 0 Å². The molecule has 0 atom stereocenters. The van der Waals surface area contributed by atoms with E-state index in [4.69, 9.17) is 9.84 Å². The van der Waals surface area contributed by atoms with E-state index in [-0.39, 0.29) is 24.8 Å². The average molecular weight is 395 g/mol. The molecule has 8 nitrogen and oxygen atoms in total. The van der Waals surface area contributed by atoms with Crippen LogP contribution < -0.4 is 15.4 Å². The number of carbonyl (C=O) groups excluding carboxylic acids is 3. The van der Waals surface area contributed by atoms with Crippen LogP contribution in [-0.4, -0.2) is 54.0 Å². The third kappa shape index (κ3) is 4.99. The highest BCUT2D eigenvalue weighted by molar-refractivity contribution is 6.17. The number of aliphatic hydroxyl groups is 1. The van der Waals surface area contributed by atoms with Crippen molar-refractivity contribution in [3.05, 3.63) is 71.9 Å². The summed E-state index contributed by atoms with van der Waals surface area (Å²) in [5.74, 6) is -0.677. The first-order valence-corrected chi connectivity index (χ1v) is 9.10. The SMILES string of the molecule is O=C(NCCOc1ccccc1)c1ccccc1NC1=CC(=O)N(CCO)C1=O. The third-order valence-electron chi connectivity index (χ3n) is 4.17. The fourth-order valence-corrected chi connectivity index (χ4v) is 2.79. The minimum Gasteiger partial charge on any atom is -0.492 e. The van der Waals surface area contributed by atoms with Gasteiger partial charge in [0.15, 0.2) is 0 Å². The van der Waals surface area contributed by atoms with Crippen LogP contribution >= 0.6 is 0 Å². The molecule has 0 fully saturated rings. The zero-order chi connectivity index (χ0) is 20.6. The fourth-order valence-electron chi connectivity index (χ4n) is 2.79. The Labute approximate surface area is 167 Å². The summed E-state index contributed by atoms with van der Waals surface area (Å²) in [4.78, 5) is 37.6. The third-order valence-corrected chi connectivity index (χ3v) is 4.17. The maximum Gasteiger partial charge on any atom is 0.277 e. The number of benzene rings is 2. The maximum absolute atomic E-state index is 12.5. The van der Waals surface area contributed by atoms with Gasteiger partial charge in [-0.25, -0.2) is 0 Å². The largest absolute Gasteiger partial charge is 0.492 e. The van der Waals surface area contributed by atoms with Crippen molar-refractivity contribution in [1.82, 2.24) is 10.2 Å². The molecule has 1 aliphatic rings. The summed E-state index contributed by atoms with van der Waals surface area (Å²) < 4.78 is 5.54. The van der Waals surface area contributed by atoms with E-state index in [1.54, 1.807) is 24.3 Å². The van der Waals surface area contributed by atoms with Crippen molar-refractivity contribution < 1.29 is 24.2 Å². The van der Waals surface area contributed by atoms with Gasteiger partial charge in [-0.1, -0.05) is 30.3 Å². The number of nitrogens with zero attached hydrogens (tertiary/aromatic N) is 1. The molecule has 2 aromatic rings. The van der Waals surface area contributed by atoms with Gasteiger partial charge in [-0.3, -0.25) is 19.3 Å². The molecule has 0 saturated heterocycles. The van der Waals surface area contributed by atoms with E-state index in [1.165, 1.54) is 0 Å². The number of rotatable bonds is 9. The van der Waals surface area contributed by atoms with Crippen molar-refractivity contribution in [2.24, 2.45) is 0 Å². The second-order valence-corrected chi connectivity index (χ2v) is 6.16. The van der Waals surface area contributed by atoms with Crippen LogP contribution in [0.4, 0.5) is 5.69 Å². The van der Waals surface area contributed by atoms with E-state index in [9.17, 15) is 14.4 Å². The lowest BCUT2D eigenvalue weighted by Crippen LogP contribution is -2.34. The fraction of sp³-hybridized carbons (Fsp3) is 0.190. The highest BCUT2D eigenvalue weighted by Crippen LogP contribution is 2.20.